The van der Waals surface area contributed by atoms with E-state index in [1.807, 2.05) is 20.0 Å². The van der Waals surface area contributed by atoms with E-state index < -0.39 is 0 Å². The van der Waals surface area contributed by atoms with Crippen LogP contribution in [-0.2, 0) is 0 Å². The van der Waals surface area contributed by atoms with Gasteiger partial charge in [-0.05, 0) is 31.7 Å². The molecule has 17 heavy (non-hydrogen) atoms. The maximum Gasteiger partial charge on any atom is 0.123 e. The van der Waals surface area contributed by atoms with Gasteiger partial charge in [-0.25, -0.2) is 4.39 Å². The van der Waals surface area contributed by atoms with Crippen LogP contribution in [-0.4, -0.2) is 17.0 Å². The van der Waals surface area contributed by atoms with Gasteiger partial charge < -0.3 is 5.32 Å². The van der Waals surface area contributed by atoms with Crippen LogP contribution in [0.2, 0.25) is 0 Å². The molecule has 0 aliphatic carbocycles. The Hall–Kier alpha value is -1.81. The van der Waals surface area contributed by atoms with E-state index in [0.29, 0.717) is 0 Å². The summed E-state index contributed by atoms with van der Waals surface area (Å²) in [6, 6.07) is 6.35. The number of aryl methyl sites for hydroxylation is 1. The molecule has 1 heterocycles. The number of hydrogen-bond acceptors (Lipinski definition) is 3. The summed E-state index contributed by atoms with van der Waals surface area (Å²) in [6.07, 6.45) is 3.42. The van der Waals surface area contributed by atoms with Crippen molar-refractivity contribution in [1.82, 2.24) is 15.3 Å². The van der Waals surface area contributed by atoms with E-state index in [1.165, 1.54) is 12.1 Å². The average Bonchev–Trinajstić information content (AvgIpc) is 2.33. The van der Waals surface area contributed by atoms with Crippen molar-refractivity contribution in [3.63, 3.8) is 0 Å². The van der Waals surface area contributed by atoms with Gasteiger partial charge in [0.25, 0.3) is 0 Å². The van der Waals surface area contributed by atoms with Crippen molar-refractivity contribution in [2.75, 3.05) is 7.05 Å². The lowest BCUT2D eigenvalue weighted by atomic mass is 10.0. The fourth-order valence-electron chi connectivity index (χ4n) is 1.72. The monoisotopic (exact) mass is 231 g/mol. The maximum atomic E-state index is 13.2. The van der Waals surface area contributed by atoms with Gasteiger partial charge in [-0.3, -0.25) is 9.97 Å². The molecule has 2 rings (SSSR count). The Bertz CT molecular complexity index is 496. The first-order valence-corrected chi connectivity index (χ1v) is 5.42. The molecule has 1 aromatic heterocycles. The summed E-state index contributed by atoms with van der Waals surface area (Å²) in [6.45, 7) is 1.88. The lowest BCUT2D eigenvalue weighted by molar-refractivity contribution is 0.613. The molecule has 1 N–H and O–H groups in total. The average molecular weight is 231 g/mol. The van der Waals surface area contributed by atoms with E-state index in [9.17, 15) is 4.39 Å². The molecule has 0 saturated carbocycles. The minimum atomic E-state index is -0.247. The van der Waals surface area contributed by atoms with E-state index in [1.54, 1.807) is 18.5 Å². The van der Waals surface area contributed by atoms with Gasteiger partial charge in [0.1, 0.15) is 5.82 Å². The van der Waals surface area contributed by atoms with Gasteiger partial charge in [-0.2, -0.15) is 0 Å². The molecule has 0 spiro atoms. The van der Waals surface area contributed by atoms with E-state index in [0.717, 1.165) is 17.0 Å². The van der Waals surface area contributed by atoms with Crippen molar-refractivity contribution in [2.45, 2.75) is 13.0 Å². The molecule has 0 aliphatic heterocycles. The second-order valence-electron chi connectivity index (χ2n) is 3.86. The SMILES string of the molecule is CNC(c1cccc(F)c1)c1cnc(C)cn1. The highest BCUT2D eigenvalue weighted by molar-refractivity contribution is 5.27. The Morgan fingerprint density at radius 2 is 2.06 bits per heavy atom. The molecule has 1 atom stereocenters. The lowest BCUT2D eigenvalue weighted by Crippen LogP contribution is -2.19. The molecule has 1 aromatic carbocycles. The van der Waals surface area contributed by atoms with Crippen LogP contribution in [0, 0.1) is 12.7 Å². The number of halogens is 1. The van der Waals surface area contributed by atoms with Crippen molar-refractivity contribution in [3.8, 4) is 0 Å². The maximum absolute atomic E-state index is 13.2. The van der Waals surface area contributed by atoms with Crippen LogP contribution in [0.3, 0.4) is 0 Å². The zero-order chi connectivity index (χ0) is 12.3. The van der Waals surface area contributed by atoms with Crippen LogP contribution < -0.4 is 5.32 Å². The fraction of sp³-hybridized carbons (Fsp3) is 0.231. The number of hydrogen-bond donors (Lipinski definition) is 1. The summed E-state index contributed by atoms with van der Waals surface area (Å²) in [5, 5.41) is 3.11. The largest absolute Gasteiger partial charge is 0.308 e. The molecule has 1 unspecified atom stereocenters. The first-order chi connectivity index (χ1) is 8.20. The van der Waals surface area contributed by atoms with Gasteiger partial charge in [-0.1, -0.05) is 12.1 Å². The summed E-state index contributed by atoms with van der Waals surface area (Å²) >= 11 is 0. The molecule has 4 heteroatoms. The molecule has 0 radical (unpaired) electrons. The van der Waals surface area contributed by atoms with Crippen LogP contribution in [0.5, 0.6) is 0 Å². The zero-order valence-corrected chi connectivity index (χ0v) is 9.81. The molecule has 0 aliphatic rings. The van der Waals surface area contributed by atoms with Crippen LogP contribution in [0.25, 0.3) is 0 Å². The summed E-state index contributed by atoms with van der Waals surface area (Å²) in [5.74, 6) is -0.247. The molecular weight excluding hydrogens is 217 g/mol. The Morgan fingerprint density at radius 3 is 2.65 bits per heavy atom. The predicted octanol–water partition coefficient (Wildman–Crippen LogP) is 2.23. The topological polar surface area (TPSA) is 37.8 Å². The van der Waals surface area contributed by atoms with Gasteiger partial charge >= 0.3 is 0 Å². The third-order valence-electron chi connectivity index (χ3n) is 2.57. The van der Waals surface area contributed by atoms with Crippen molar-refractivity contribution in [2.24, 2.45) is 0 Å². The highest BCUT2D eigenvalue weighted by Crippen LogP contribution is 2.19. The van der Waals surface area contributed by atoms with Crippen LogP contribution in [0.1, 0.15) is 23.0 Å². The van der Waals surface area contributed by atoms with Crippen molar-refractivity contribution >= 4 is 0 Å². The molecule has 0 saturated heterocycles. The molecular formula is C13H14FN3. The second kappa shape index (κ2) is 5.01. The summed E-state index contributed by atoms with van der Waals surface area (Å²) in [7, 11) is 1.82. The molecule has 0 fully saturated rings. The second-order valence-corrected chi connectivity index (χ2v) is 3.86. The Balaban J connectivity index is 2.36. The minimum absolute atomic E-state index is 0.140. The Labute approximate surface area is 99.7 Å². The minimum Gasteiger partial charge on any atom is -0.308 e. The highest BCUT2D eigenvalue weighted by atomic mass is 19.1. The van der Waals surface area contributed by atoms with Crippen LogP contribution in [0.4, 0.5) is 4.39 Å². The van der Waals surface area contributed by atoms with Gasteiger partial charge in [-0.15, -0.1) is 0 Å². The van der Waals surface area contributed by atoms with Crippen molar-refractivity contribution < 1.29 is 4.39 Å². The fourth-order valence-corrected chi connectivity index (χ4v) is 1.72. The number of aromatic nitrogens is 2. The smallest absolute Gasteiger partial charge is 0.123 e. The molecule has 0 amide bonds. The summed E-state index contributed by atoms with van der Waals surface area (Å²) in [4.78, 5) is 8.51. The van der Waals surface area contributed by atoms with Crippen molar-refractivity contribution in [1.29, 1.82) is 0 Å². The number of nitrogens with zero attached hydrogens (tertiary/aromatic N) is 2. The molecule has 0 bridgehead atoms. The van der Waals surface area contributed by atoms with Gasteiger partial charge in [0.2, 0.25) is 0 Å². The van der Waals surface area contributed by atoms with Crippen molar-refractivity contribution in [3.05, 3.63) is 59.4 Å². The third-order valence-corrected chi connectivity index (χ3v) is 2.57. The van der Waals surface area contributed by atoms with Crippen LogP contribution in [0.15, 0.2) is 36.7 Å². The molecule has 2 aromatic rings. The molecule has 3 nitrogen and oxygen atoms in total. The Kier molecular flexibility index (Phi) is 3.44. The number of benzene rings is 1. The third kappa shape index (κ3) is 2.65. The van der Waals surface area contributed by atoms with E-state index in [4.69, 9.17) is 0 Å². The Morgan fingerprint density at radius 1 is 1.24 bits per heavy atom. The lowest BCUT2D eigenvalue weighted by Gasteiger charge is -2.15. The van der Waals surface area contributed by atoms with E-state index in [2.05, 4.69) is 15.3 Å². The normalized spacial score (nSPS) is 12.4. The quantitative estimate of drug-likeness (QED) is 0.880. The predicted molar refractivity (Wildman–Crippen MR) is 64.1 cm³/mol. The summed E-state index contributed by atoms with van der Waals surface area (Å²) in [5.41, 5.74) is 2.48. The number of nitrogens with one attached hydrogen (secondary N) is 1. The first kappa shape index (κ1) is 11.7. The standard InChI is InChI=1S/C13H14FN3/c1-9-7-17-12(8-16-9)13(15-2)10-4-3-5-11(14)6-10/h3-8,13,15H,1-2H3. The highest BCUT2D eigenvalue weighted by Gasteiger charge is 2.13. The van der Waals surface area contributed by atoms with Gasteiger partial charge in [0.05, 0.1) is 23.6 Å². The first-order valence-electron chi connectivity index (χ1n) is 5.42. The summed E-state index contributed by atoms with van der Waals surface area (Å²) < 4.78 is 13.2. The van der Waals surface area contributed by atoms with E-state index >= 15 is 0 Å². The zero-order valence-electron chi connectivity index (χ0n) is 9.81. The van der Waals surface area contributed by atoms with E-state index in [-0.39, 0.29) is 11.9 Å². The van der Waals surface area contributed by atoms with Gasteiger partial charge in [0, 0.05) is 6.20 Å². The van der Waals surface area contributed by atoms with Gasteiger partial charge in [0.15, 0.2) is 0 Å². The van der Waals surface area contributed by atoms with Crippen LogP contribution >= 0.6 is 0 Å². The number of rotatable bonds is 3. The molecule has 88 valence electrons.